The smallest absolute Gasteiger partial charge is 0.0781 e. The highest BCUT2D eigenvalue weighted by atomic mass is 16.5. The van der Waals surface area contributed by atoms with Gasteiger partial charge in [-0.25, -0.2) is 0 Å². The number of aliphatic hydroxyl groups is 1. The Hall–Kier alpha value is -0.0800. The van der Waals surface area contributed by atoms with E-state index >= 15 is 0 Å². The second-order valence-corrected chi connectivity index (χ2v) is 2.35. The van der Waals surface area contributed by atoms with Crippen LogP contribution in [0.1, 0.15) is 27.2 Å². The first kappa shape index (κ1) is 8.92. The Morgan fingerprint density at radius 3 is 2.22 bits per heavy atom. The summed E-state index contributed by atoms with van der Waals surface area (Å²) in [5.41, 5.74) is 0. The topological polar surface area (TPSA) is 29.5 Å². The van der Waals surface area contributed by atoms with Crippen LogP contribution in [0.15, 0.2) is 0 Å². The van der Waals surface area contributed by atoms with E-state index in [0.717, 1.165) is 6.42 Å². The molecule has 2 atom stereocenters. The molecule has 0 aliphatic carbocycles. The Balaban J connectivity index is 3.22. The molecule has 0 rings (SSSR count). The van der Waals surface area contributed by atoms with Gasteiger partial charge in [-0.3, -0.25) is 0 Å². The summed E-state index contributed by atoms with van der Waals surface area (Å²) in [6.07, 6.45) is 1.26. The maximum Gasteiger partial charge on any atom is 0.0781 e. The summed E-state index contributed by atoms with van der Waals surface area (Å²) >= 11 is 0. The summed E-state index contributed by atoms with van der Waals surface area (Å²) in [6, 6.07) is 0. The van der Waals surface area contributed by atoms with Gasteiger partial charge in [0.1, 0.15) is 0 Å². The minimum Gasteiger partial charge on any atom is -0.394 e. The normalized spacial score (nSPS) is 17.3. The van der Waals surface area contributed by atoms with Crippen LogP contribution in [-0.4, -0.2) is 23.9 Å². The fourth-order valence-corrected chi connectivity index (χ4v) is 0.536. The summed E-state index contributed by atoms with van der Waals surface area (Å²) < 4.78 is 5.30. The molecule has 0 bridgehead atoms. The molecule has 0 heterocycles. The first-order chi connectivity index (χ1) is 4.20. The highest BCUT2D eigenvalue weighted by Gasteiger charge is 2.03. The van der Waals surface area contributed by atoms with E-state index in [9.17, 15) is 0 Å². The van der Waals surface area contributed by atoms with Gasteiger partial charge in [0.15, 0.2) is 0 Å². The van der Waals surface area contributed by atoms with Crippen LogP contribution in [0.5, 0.6) is 0 Å². The van der Waals surface area contributed by atoms with Crippen molar-refractivity contribution in [1.29, 1.82) is 0 Å². The van der Waals surface area contributed by atoms with Crippen LogP contribution in [-0.2, 0) is 4.74 Å². The van der Waals surface area contributed by atoms with Crippen molar-refractivity contribution in [3.05, 3.63) is 0 Å². The summed E-state index contributed by atoms with van der Waals surface area (Å²) in [5, 5.41) is 8.55. The van der Waals surface area contributed by atoms with E-state index < -0.39 is 0 Å². The molecule has 0 aliphatic rings. The Morgan fingerprint density at radius 1 is 1.33 bits per heavy atom. The summed E-state index contributed by atoms with van der Waals surface area (Å²) in [6.45, 7) is 6.05. The van der Waals surface area contributed by atoms with Crippen molar-refractivity contribution < 1.29 is 9.84 Å². The molecule has 0 radical (unpaired) electrons. The zero-order valence-corrected chi connectivity index (χ0v) is 6.42. The fourth-order valence-electron chi connectivity index (χ4n) is 0.536. The molecule has 0 spiro atoms. The third kappa shape index (κ3) is 4.43. The van der Waals surface area contributed by atoms with Crippen LogP contribution in [0.2, 0.25) is 0 Å². The third-order valence-corrected chi connectivity index (χ3v) is 1.30. The lowest BCUT2D eigenvalue weighted by Crippen LogP contribution is -2.19. The van der Waals surface area contributed by atoms with Crippen LogP contribution in [0.4, 0.5) is 0 Å². The standard InChI is InChI=1S/C7H16O2/c1-4-6(2)9-7(3)5-8/h6-8H,4-5H2,1-3H3/t6-,7-/m0/s1. The van der Waals surface area contributed by atoms with Gasteiger partial charge in [0, 0.05) is 0 Å². The molecule has 0 aromatic heterocycles. The van der Waals surface area contributed by atoms with Crippen molar-refractivity contribution in [3.63, 3.8) is 0 Å². The molecule has 2 nitrogen and oxygen atoms in total. The lowest BCUT2D eigenvalue weighted by atomic mass is 10.3. The molecule has 0 fully saturated rings. The highest BCUT2D eigenvalue weighted by molar-refractivity contribution is 4.50. The van der Waals surface area contributed by atoms with Gasteiger partial charge in [-0.1, -0.05) is 6.92 Å². The molecular formula is C7H16O2. The van der Waals surface area contributed by atoms with Crippen molar-refractivity contribution in [2.75, 3.05) is 6.61 Å². The largest absolute Gasteiger partial charge is 0.394 e. The quantitative estimate of drug-likeness (QED) is 0.622. The Labute approximate surface area is 56.8 Å². The Bertz CT molecular complexity index is 55.9. The number of aliphatic hydroxyl groups excluding tert-OH is 1. The van der Waals surface area contributed by atoms with Crippen molar-refractivity contribution in [3.8, 4) is 0 Å². The fraction of sp³-hybridized carbons (Fsp3) is 1.00. The van der Waals surface area contributed by atoms with Gasteiger partial charge in [-0.15, -0.1) is 0 Å². The average Bonchev–Trinajstić information content (AvgIpc) is 1.87. The minimum atomic E-state index is -0.0139. The van der Waals surface area contributed by atoms with Crippen molar-refractivity contribution >= 4 is 0 Å². The Morgan fingerprint density at radius 2 is 1.89 bits per heavy atom. The minimum absolute atomic E-state index is 0.0139. The lowest BCUT2D eigenvalue weighted by Gasteiger charge is -2.14. The molecule has 0 aromatic carbocycles. The predicted octanol–water partition coefficient (Wildman–Crippen LogP) is 1.18. The van der Waals surface area contributed by atoms with Crippen LogP contribution in [0, 0.1) is 0 Å². The number of rotatable bonds is 4. The first-order valence-corrected chi connectivity index (χ1v) is 3.47. The molecule has 2 heteroatoms. The van der Waals surface area contributed by atoms with Gasteiger partial charge in [-0.2, -0.15) is 0 Å². The molecule has 9 heavy (non-hydrogen) atoms. The molecule has 0 saturated carbocycles. The van der Waals surface area contributed by atoms with Gasteiger partial charge < -0.3 is 9.84 Å². The van der Waals surface area contributed by atoms with Gasteiger partial charge in [0.25, 0.3) is 0 Å². The van der Waals surface area contributed by atoms with Crippen molar-refractivity contribution in [1.82, 2.24) is 0 Å². The monoisotopic (exact) mass is 132 g/mol. The van der Waals surface area contributed by atoms with Crippen LogP contribution in [0.3, 0.4) is 0 Å². The van der Waals surface area contributed by atoms with Crippen molar-refractivity contribution in [2.45, 2.75) is 39.4 Å². The van der Waals surface area contributed by atoms with Gasteiger partial charge in [0.05, 0.1) is 18.8 Å². The van der Waals surface area contributed by atoms with E-state index in [1.807, 2.05) is 13.8 Å². The van der Waals surface area contributed by atoms with E-state index in [2.05, 4.69) is 6.92 Å². The van der Waals surface area contributed by atoms with Gasteiger partial charge in [0.2, 0.25) is 0 Å². The second kappa shape index (κ2) is 4.77. The number of hydrogen-bond acceptors (Lipinski definition) is 2. The summed E-state index contributed by atoms with van der Waals surface area (Å²) in [5.74, 6) is 0. The molecule has 0 amide bonds. The van der Waals surface area contributed by atoms with E-state index in [-0.39, 0.29) is 18.8 Å². The third-order valence-electron chi connectivity index (χ3n) is 1.30. The first-order valence-electron chi connectivity index (χ1n) is 3.47. The van der Waals surface area contributed by atoms with E-state index in [4.69, 9.17) is 9.84 Å². The molecular weight excluding hydrogens is 116 g/mol. The molecule has 0 aliphatic heterocycles. The number of ether oxygens (including phenoxy) is 1. The number of hydrogen-bond donors (Lipinski definition) is 1. The predicted molar refractivity (Wildman–Crippen MR) is 37.4 cm³/mol. The Kier molecular flexibility index (Phi) is 4.72. The van der Waals surface area contributed by atoms with Gasteiger partial charge in [-0.05, 0) is 20.3 Å². The highest BCUT2D eigenvalue weighted by Crippen LogP contribution is 1.99. The van der Waals surface area contributed by atoms with Crippen LogP contribution >= 0.6 is 0 Å². The average molecular weight is 132 g/mol. The summed E-state index contributed by atoms with van der Waals surface area (Å²) in [7, 11) is 0. The molecule has 0 aromatic rings. The van der Waals surface area contributed by atoms with Crippen LogP contribution < -0.4 is 0 Å². The zero-order chi connectivity index (χ0) is 7.28. The van der Waals surface area contributed by atoms with E-state index in [1.54, 1.807) is 0 Å². The van der Waals surface area contributed by atoms with E-state index in [1.165, 1.54) is 0 Å². The molecule has 0 unspecified atom stereocenters. The van der Waals surface area contributed by atoms with Crippen LogP contribution in [0.25, 0.3) is 0 Å². The maximum absolute atomic E-state index is 8.55. The van der Waals surface area contributed by atoms with Crippen molar-refractivity contribution in [2.24, 2.45) is 0 Å². The molecule has 56 valence electrons. The molecule has 1 N–H and O–H groups in total. The SMILES string of the molecule is CC[C@H](C)O[C@@H](C)CO. The zero-order valence-electron chi connectivity index (χ0n) is 6.42. The molecule has 0 saturated heterocycles. The second-order valence-electron chi connectivity index (χ2n) is 2.35. The lowest BCUT2D eigenvalue weighted by molar-refractivity contribution is -0.0217. The maximum atomic E-state index is 8.55. The summed E-state index contributed by atoms with van der Waals surface area (Å²) in [4.78, 5) is 0. The van der Waals surface area contributed by atoms with Gasteiger partial charge >= 0.3 is 0 Å². The van der Waals surface area contributed by atoms with E-state index in [0.29, 0.717) is 0 Å².